The number of carbonyl (C=O) groups excluding carboxylic acids is 2. The number of nitrogens with one attached hydrogen (secondary N) is 1. The Morgan fingerprint density at radius 3 is 2.58 bits per heavy atom. The van der Waals surface area contributed by atoms with Crippen molar-refractivity contribution in [3.63, 3.8) is 0 Å². The lowest BCUT2D eigenvalue weighted by atomic mass is 10.1. The number of ether oxygens (including phenoxy) is 2. The molecule has 1 aromatic heterocycles. The van der Waals surface area contributed by atoms with E-state index in [-0.39, 0.29) is 24.9 Å². The molecular formula is C23H23BrN2O5. The normalized spacial score (nSPS) is 10.4. The minimum Gasteiger partial charge on any atom is -0.493 e. The number of furan rings is 1. The van der Waals surface area contributed by atoms with Gasteiger partial charge in [-0.3, -0.25) is 9.59 Å². The van der Waals surface area contributed by atoms with Gasteiger partial charge in [-0.1, -0.05) is 30.3 Å². The van der Waals surface area contributed by atoms with Crippen LogP contribution in [0.5, 0.6) is 11.5 Å². The summed E-state index contributed by atoms with van der Waals surface area (Å²) in [5.41, 5.74) is 1.38. The summed E-state index contributed by atoms with van der Waals surface area (Å²) < 4.78 is 17.1. The highest BCUT2D eigenvalue weighted by Gasteiger charge is 2.20. The third-order valence-corrected chi connectivity index (χ3v) is 5.06. The van der Waals surface area contributed by atoms with E-state index in [2.05, 4.69) is 21.2 Å². The smallest absolute Gasteiger partial charge is 0.254 e. The number of likely N-dealkylation sites (N-methyl/N-ethyl adjacent to an activating group) is 1. The molecule has 3 aromatic rings. The zero-order chi connectivity index (χ0) is 22.2. The molecule has 0 atom stereocenters. The van der Waals surface area contributed by atoms with Gasteiger partial charge in [0.2, 0.25) is 5.91 Å². The van der Waals surface area contributed by atoms with Crippen molar-refractivity contribution in [2.75, 3.05) is 20.7 Å². The lowest BCUT2D eigenvalue weighted by Gasteiger charge is -2.19. The van der Waals surface area contributed by atoms with E-state index in [9.17, 15) is 9.59 Å². The van der Waals surface area contributed by atoms with Gasteiger partial charge in [-0.25, -0.2) is 0 Å². The van der Waals surface area contributed by atoms with Crippen LogP contribution in [0.25, 0.3) is 0 Å². The fraction of sp³-hybridized carbons (Fsp3) is 0.217. The van der Waals surface area contributed by atoms with Gasteiger partial charge in [0, 0.05) is 12.6 Å². The van der Waals surface area contributed by atoms with Crippen molar-refractivity contribution in [2.45, 2.75) is 13.2 Å². The van der Waals surface area contributed by atoms with Crippen LogP contribution in [0.4, 0.5) is 0 Å². The van der Waals surface area contributed by atoms with Crippen LogP contribution in [-0.4, -0.2) is 37.4 Å². The Kier molecular flexibility index (Phi) is 7.72. The van der Waals surface area contributed by atoms with E-state index in [0.29, 0.717) is 33.9 Å². The predicted molar refractivity (Wildman–Crippen MR) is 119 cm³/mol. The molecule has 0 saturated carbocycles. The summed E-state index contributed by atoms with van der Waals surface area (Å²) in [7, 11) is 3.08. The van der Waals surface area contributed by atoms with E-state index in [4.69, 9.17) is 13.9 Å². The Labute approximate surface area is 189 Å². The molecule has 1 N–H and O–H groups in total. The van der Waals surface area contributed by atoms with E-state index in [1.54, 1.807) is 31.3 Å². The number of hydrogen-bond donors (Lipinski definition) is 1. The molecule has 0 unspecified atom stereocenters. The van der Waals surface area contributed by atoms with Crippen LogP contribution in [0.1, 0.15) is 21.7 Å². The maximum Gasteiger partial charge on any atom is 0.254 e. The van der Waals surface area contributed by atoms with Crippen molar-refractivity contribution in [1.82, 2.24) is 10.2 Å². The molecule has 2 amide bonds. The molecular weight excluding hydrogens is 464 g/mol. The zero-order valence-electron chi connectivity index (χ0n) is 17.3. The fourth-order valence-corrected chi connectivity index (χ4v) is 3.43. The van der Waals surface area contributed by atoms with Crippen LogP contribution < -0.4 is 14.8 Å². The molecule has 1 heterocycles. The summed E-state index contributed by atoms with van der Waals surface area (Å²) in [5, 5.41) is 2.72. The standard InChI is InChI=1S/C23H23BrN2O5/c1-26(14-21(27)25-13-18-9-6-10-30-18)23(28)17-11-19(24)22(20(12-17)29-2)31-15-16-7-4-3-5-8-16/h3-12H,13-15H2,1-2H3,(H,25,27). The molecule has 0 fully saturated rings. The lowest BCUT2D eigenvalue weighted by molar-refractivity contribution is -0.121. The molecule has 0 aliphatic carbocycles. The second-order valence-corrected chi connectivity index (χ2v) is 7.64. The maximum atomic E-state index is 12.8. The van der Waals surface area contributed by atoms with E-state index in [1.165, 1.54) is 18.3 Å². The molecule has 2 aromatic carbocycles. The van der Waals surface area contributed by atoms with Gasteiger partial charge in [0.1, 0.15) is 12.4 Å². The molecule has 0 saturated heterocycles. The van der Waals surface area contributed by atoms with Crippen molar-refractivity contribution in [3.05, 3.63) is 82.2 Å². The van der Waals surface area contributed by atoms with Gasteiger partial charge in [0.25, 0.3) is 5.91 Å². The molecule has 7 nitrogen and oxygen atoms in total. The highest BCUT2D eigenvalue weighted by Crippen LogP contribution is 2.37. The molecule has 0 spiro atoms. The van der Waals surface area contributed by atoms with Crippen LogP contribution >= 0.6 is 15.9 Å². The van der Waals surface area contributed by atoms with Gasteiger partial charge in [-0.15, -0.1) is 0 Å². The van der Waals surface area contributed by atoms with Crippen LogP contribution in [0.2, 0.25) is 0 Å². The Hall–Kier alpha value is -3.26. The maximum absolute atomic E-state index is 12.8. The van der Waals surface area contributed by atoms with Crippen molar-refractivity contribution in [2.24, 2.45) is 0 Å². The average Bonchev–Trinajstić information content (AvgIpc) is 3.30. The highest BCUT2D eigenvalue weighted by molar-refractivity contribution is 9.10. The molecule has 0 bridgehead atoms. The molecule has 3 rings (SSSR count). The van der Waals surface area contributed by atoms with Gasteiger partial charge in [-0.2, -0.15) is 0 Å². The Morgan fingerprint density at radius 1 is 1.13 bits per heavy atom. The zero-order valence-corrected chi connectivity index (χ0v) is 18.8. The number of carbonyl (C=O) groups is 2. The molecule has 162 valence electrons. The molecule has 8 heteroatoms. The first-order valence-electron chi connectivity index (χ1n) is 9.56. The molecule has 0 aliphatic heterocycles. The van der Waals surface area contributed by atoms with E-state index in [1.807, 2.05) is 30.3 Å². The number of amides is 2. The summed E-state index contributed by atoms with van der Waals surface area (Å²) in [4.78, 5) is 26.3. The topological polar surface area (TPSA) is 81.0 Å². The van der Waals surface area contributed by atoms with Gasteiger partial charge in [0.15, 0.2) is 11.5 Å². The Bertz CT molecular complexity index is 1020. The van der Waals surface area contributed by atoms with Gasteiger partial charge < -0.3 is 24.1 Å². The fourth-order valence-electron chi connectivity index (χ4n) is 2.88. The quantitative estimate of drug-likeness (QED) is 0.493. The summed E-state index contributed by atoms with van der Waals surface area (Å²) in [6.45, 7) is 0.533. The summed E-state index contributed by atoms with van der Waals surface area (Å²) >= 11 is 3.46. The Morgan fingerprint density at radius 2 is 1.90 bits per heavy atom. The van der Waals surface area contributed by atoms with Crippen LogP contribution in [0, 0.1) is 0 Å². The summed E-state index contributed by atoms with van der Waals surface area (Å²) in [6, 6.07) is 16.5. The van der Waals surface area contributed by atoms with Crippen molar-refractivity contribution in [3.8, 4) is 11.5 Å². The van der Waals surface area contributed by atoms with Crippen LogP contribution in [0.3, 0.4) is 0 Å². The van der Waals surface area contributed by atoms with E-state index < -0.39 is 0 Å². The molecule has 31 heavy (non-hydrogen) atoms. The largest absolute Gasteiger partial charge is 0.493 e. The van der Waals surface area contributed by atoms with Crippen molar-refractivity contribution in [1.29, 1.82) is 0 Å². The number of methoxy groups -OCH3 is 1. The second kappa shape index (κ2) is 10.7. The Balaban J connectivity index is 1.64. The molecule has 0 aliphatic rings. The third-order valence-electron chi connectivity index (χ3n) is 4.47. The van der Waals surface area contributed by atoms with E-state index >= 15 is 0 Å². The lowest BCUT2D eigenvalue weighted by Crippen LogP contribution is -2.38. The number of rotatable bonds is 9. The predicted octanol–water partition coefficient (Wildman–Crippen LogP) is 4.02. The van der Waals surface area contributed by atoms with E-state index in [0.717, 1.165) is 5.56 Å². The minimum absolute atomic E-state index is 0.0915. The highest BCUT2D eigenvalue weighted by atomic mass is 79.9. The van der Waals surface area contributed by atoms with Crippen LogP contribution in [-0.2, 0) is 17.9 Å². The SMILES string of the molecule is COc1cc(C(=O)N(C)CC(=O)NCc2ccco2)cc(Br)c1OCc1ccccc1. The number of hydrogen-bond acceptors (Lipinski definition) is 5. The first-order valence-corrected chi connectivity index (χ1v) is 10.4. The summed E-state index contributed by atoms with van der Waals surface area (Å²) in [6.07, 6.45) is 1.54. The van der Waals surface area contributed by atoms with Gasteiger partial charge >= 0.3 is 0 Å². The first kappa shape index (κ1) is 22.4. The van der Waals surface area contributed by atoms with Gasteiger partial charge in [-0.05, 0) is 45.8 Å². The van der Waals surface area contributed by atoms with Crippen LogP contribution in [0.15, 0.2) is 69.8 Å². The van der Waals surface area contributed by atoms with Crippen molar-refractivity contribution < 1.29 is 23.5 Å². The second-order valence-electron chi connectivity index (χ2n) is 6.78. The minimum atomic E-state index is -0.318. The van der Waals surface area contributed by atoms with Crippen molar-refractivity contribution >= 4 is 27.7 Å². The number of halogens is 1. The summed E-state index contributed by atoms with van der Waals surface area (Å²) in [5.74, 6) is 0.955. The molecule has 0 radical (unpaired) electrons. The first-order chi connectivity index (χ1) is 15.0. The monoisotopic (exact) mass is 486 g/mol. The number of benzene rings is 2. The average molecular weight is 487 g/mol. The van der Waals surface area contributed by atoms with Gasteiger partial charge in [0.05, 0.1) is 30.9 Å². The third kappa shape index (κ3) is 6.11. The number of nitrogens with zero attached hydrogens (tertiary/aromatic N) is 1.